The van der Waals surface area contributed by atoms with Gasteiger partial charge in [-0.3, -0.25) is 14.4 Å². The Morgan fingerprint density at radius 3 is 2.05 bits per heavy atom. The minimum absolute atomic E-state index is 0.104. The molecule has 0 radical (unpaired) electrons. The summed E-state index contributed by atoms with van der Waals surface area (Å²) in [6.45, 7) is 10.8. The molecule has 3 saturated carbocycles. The van der Waals surface area contributed by atoms with Crippen LogP contribution in [0.5, 0.6) is 0 Å². The summed E-state index contributed by atoms with van der Waals surface area (Å²) in [5.74, 6) is -4.97. The molecule has 0 amide bonds. The van der Waals surface area contributed by atoms with Crippen molar-refractivity contribution in [2.45, 2.75) is 109 Å². The maximum Gasteiger partial charge on any atom is 0.303 e. The van der Waals surface area contributed by atoms with E-state index in [4.69, 9.17) is 28.4 Å². The number of carbonyl (C=O) groups is 3. The topological polar surface area (TPSA) is 147 Å². The molecule has 0 bridgehead atoms. The molecule has 1 heterocycles. The summed E-state index contributed by atoms with van der Waals surface area (Å²) in [5.41, 5.74) is -5.49. The van der Waals surface area contributed by atoms with E-state index in [0.717, 1.165) is 0 Å². The van der Waals surface area contributed by atoms with Crippen LogP contribution < -0.4 is 0 Å². The number of hydrogen-bond acceptors (Lipinski definition) is 11. The van der Waals surface area contributed by atoms with Crippen LogP contribution in [0.15, 0.2) is 11.6 Å². The maximum absolute atomic E-state index is 13.0. The highest BCUT2D eigenvalue weighted by Gasteiger charge is 2.80. The van der Waals surface area contributed by atoms with Gasteiger partial charge in [-0.25, -0.2) is 0 Å². The average Bonchev–Trinajstić information content (AvgIpc) is 3.21. The first kappa shape index (κ1) is 29.9. The molecule has 3 fully saturated rings. The molecule has 39 heavy (non-hydrogen) atoms. The van der Waals surface area contributed by atoms with Gasteiger partial charge in [-0.1, -0.05) is 20.8 Å². The Hall–Kier alpha value is -2.05. The fraction of sp³-hybridized carbons (Fsp3) is 0.821. The van der Waals surface area contributed by atoms with Gasteiger partial charge in [0.2, 0.25) is 0 Å². The van der Waals surface area contributed by atoms with Crippen LogP contribution >= 0.6 is 0 Å². The van der Waals surface area contributed by atoms with Gasteiger partial charge < -0.3 is 38.6 Å². The third-order valence-corrected chi connectivity index (χ3v) is 9.99. The molecular weight excluding hydrogens is 512 g/mol. The first-order valence-corrected chi connectivity index (χ1v) is 13.4. The predicted octanol–water partition coefficient (Wildman–Crippen LogP) is 2.01. The van der Waals surface area contributed by atoms with Gasteiger partial charge in [-0.2, -0.15) is 0 Å². The van der Waals surface area contributed by atoms with Crippen molar-refractivity contribution < 1.29 is 53.0 Å². The maximum atomic E-state index is 13.0. The number of aliphatic hydroxyl groups is 2. The van der Waals surface area contributed by atoms with E-state index in [0.29, 0.717) is 18.4 Å². The second-order valence-electron chi connectivity index (χ2n) is 12.4. The molecule has 0 aromatic heterocycles. The van der Waals surface area contributed by atoms with Gasteiger partial charge >= 0.3 is 17.9 Å². The lowest BCUT2D eigenvalue weighted by atomic mass is 9.38. The molecule has 3 aliphatic carbocycles. The van der Waals surface area contributed by atoms with Gasteiger partial charge in [-0.05, 0) is 37.2 Å². The van der Waals surface area contributed by atoms with Crippen molar-refractivity contribution in [2.75, 3.05) is 14.2 Å². The largest absolute Gasteiger partial charge is 0.462 e. The van der Waals surface area contributed by atoms with Gasteiger partial charge in [0, 0.05) is 58.3 Å². The first-order valence-electron chi connectivity index (χ1n) is 13.4. The SMILES string of the molecule is CO[C@H]1C=C2[C@@](OC)(C[C@H]3[C@@H]([C@@H](OC(C)=O)[C@H](OC(C)=O)[C@@]4(O)C(C)(C)CC[C@H](OC(C)=O)[C@]34C)[C@]2(C)O)O1. The molecule has 0 unspecified atom stereocenters. The fourth-order valence-corrected chi connectivity index (χ4v) is 8.38. The van der Waals surface area contributed by atoms with Crippen LogP contribution in [-0.2, 0) is 42.8 Å². The van der Waals surface area contributed by atoms with Crippen molar-refractivity contribution in [2.24, 2.45) is 22.7 Å². The number of hydrogen-bond donors (Lipinski definition) is 2. The van der Waals surface area contributed by atoms with Crippen molar-refractivity contribution in [3.05, 3.63) is 11.6 Å². The van der Waals surface area contributed by atoms with Gasteiger partial charge in [0.05, 0.1) is 5.60 Å². The van der Waals surface area contributed by atoms with Crippen LogP contribution in [0.4, 0.5) is 0 Å². The normalized spacial score (nSPS) is 46.2. The van der Waals surface area contributed by atoms with Crippen LogP contribution in [0.1, 0.15) is 67.7 Å². The van der Waals surface area contributed by atoms with Gasteiger partial charge in [-0.15, -0.1) is 0 Å². The summed E-state index contributed by atoms with van der Waals surface area (Å²) in [5, 5.41) is 25.4. The Balaban J connectivity index is 2.06. The van der Waals surface area contributed by atoms with E-state index >= 15 is 0 Å². The summed E-state index contributed by atoms with van der Waals surface area (Å²) >= 11 is 0. The highest BCUT2D eigenvalue weighted by molar-refractivity contribution is 5.68. The lowest BCUT2D eigenvalue weighted by molar-refractivity contribution is -0.368. The predicted molar refractivity (Wildman–Crippen MR) is 135 cm³/mol. The van der Waals surface area contributed by atoms with E-state index in [9.17, 15) is 24.6 Å². The minimum atomic E-state index is -1.88. The molecule has 4 rings (SSSR count). The highest BCUT2D eigenvalue weighted by Crippen LogP contribution is 2.70. The van der Waals surface area contributed by atoms with E-state index in [1.807, 2.05) is 13.8 Å². The molecule has 1 aliphatic heterocycles. The summed E-state index contributed by atoms with van der Waals surface area (Å²) < 4.78 is 35.2. The van der Waals surface area contributed by atoms with Crippen molar-refractivity contribution >= 4 is 17.9 Å². The number of ether oxygens (including phenoxy) is 6. The third-order valence-electron chi connectivity index (χ3n) is 9.99. The lowest BCUT2D eigenvalue weighted by Gasteiger charge is -2.71. The smallest absolute Gasteiger partial charge is 0.303 e. The number of esters is 3. The standard InChI is InChI=1S/C28H42O11/c1-14(29)36-19-10-11-24(4,5)28(33)23(38-16(3)31)22(37-15(2)30)21-17(25(19,28)6)13-27(35-9)18(26(21,7)32)12-20(34-8)39-27/h12,17,19-23,32-33H,10-11,13H2,1-9H3/t17-,19-,20+,21-,22+,23-,25-,26+,27+,28+/m0/s1. The Labute approximate surface area is 229 Å². The van der Waals surface area contributed by atoms with E-state index in [2.05, 4.69) is 0 Å². The zero-order chi connectivity index (χ0) is 29.3. The number of rotatable bonds is 5. The molecule has 0 spiro atoms. The van der Waals surface area contributed by atoms with Crippen molar-refractivity contribution in [3.8, 4) is 0 Å². The second kappa shape index (κ2) is 9.51. The van der Waals surface area contributed by atoms with Gasteiger partial charge in [0.15, 0.2) is 18.2 Å². The number of carbonyl (C=O) groups excluding carboxylic acids is 3. The van der Waals surface area contributed by atoms with Crippen LogP contribution in [0.2, 0.25) is 0 Å². The average molecular weight is 555 g/mol. The molecule has 0 aromatic rings. The summed E-state index contributed by atoms with van der Waals surface area (Å²) in [6.07, 6.45) is -1.74. The van der Waals surface area contributed by atoms with Crippen LogP contribution in [-0.4, -0.2) is 83.9 Å². The second-order valence-corrected chi connectivity index (χ2v) is 12.4. The fourth-order valence-electron chi connectivity index (χ4n) is 8.38. The molecule has 220 valence electrons. The summed E-state index contributed by atoms with van der Waals surface area (Å²) in [7, 11) is 2.92. The van der Waals surface area contributed by atoms with Crippen molar-refractivity contribution in [1.29, 1.82) is 0 Å². The molecule has 11 heteroatoms. The van der Waals surface area contributed by atoms with E-state index < -0.39 is 82.2 Å². The lowest BCUT2D eigenvalue weighted by Crippen LogP contribution is -2.82. The Morgan fingerprint density at radius 1 is 0.949 bits per heavy atom. The zero-order valence-corrected chi connectivity index (χ0v) is 24.2. The monoisotopic (exact) mass is 554 g/mol. The van der Waals surface area contributed by atoms with Crippen LogP contribution in [0.3, 0.4) is 0 Å². The first-order chi connectivity index (χ1) is 17.9. The Kier molecular flexibility index (Phi) is 7.30. The van der Waals surface area contributed by atoms with E-state index in [-0.39, 0.29) is 6.42 Å². The molecule has 11 nitrogen and oxygen atoms in total. The van der Waals surface area contributed by atoms with Crippen molar-refractivity contribution in [1.82, 2.24) is 0 Å². The molecule has 10 atom stereocenters. The summed E-state index contributed by atoms with van der Waals surface area (Å²) in [4.78, 5) is 37.4. The Morgan fingerprint density at radius 2 is 1.54 bits per heavy atom. The number of methoxy groups -OCH3 is 2. The molecule has 4 aliphatic rings. The quantitative estimate of drug-likeness (QED) is 0.292. The molecule has 0 aromatic carbocycles. The third kappa shape index (κ3) is 4.07. The summed E-state index contributed by atoms with van der Waals surface area (Å²) in [6, 6.07) is 0. The van der Waals surface area contributed by atoms with Crippen LogP contribution in [0.25, 0.3) is 0 Å². The minimum Gasteiger partial charge on any atom is -0.462 e. The molecule has 0 saturated heterocycles. The molecular formula is C28H42O11. The van der Waals surface area contributed by atoms with E-state index in [1.165, 1.54) is 35.0 Å². The van der Waals surface area contributed by atoms with E-state index in [1.54, 1.807) is 19.9 Å². The highest BCUT2D eigenvalue weighted by atomic mass is 16.8. The van der Waals surface area contributed by atoms with Gasteiger partial charge in [0.25, 0.3) is 0 Å². The number of fused-ring (bicyclic) bond motifs is 4. The zero-order valence-electron chi connectivity index (χ0n) is 24.2. The Bertz CT molecular complexity index is 1070. The van der Waals surface area contributed by atoms with Crippen LogP contribution in [0, 0.1) is 22.7 Å². The van der Waals surface area contributed by atoms with Crippen molar-refractivity contribution in [3.63, 3.8) is 0 Å². The molecule has 2 N–H and O–H groups in total. The van der Waals surface area contributed by atoms with Gasteiger partial charge in [0.1, 0.15) is 17.8 Å².